The zero-order valence-corrected chi connectivity index (χ0v) is 40.3. The van der Waals surface area contributed by atoms with Crippen molar-refractivity contribution in [2.75, 3.05) is 6.61 Å². The van der Waals surface area contributed by atoms with Gasteiger partial charge in [0.25, 0.3) is 0 Å². The maximum absolute atomic E-state index is 13.2. The van der Waals surface area contributed by atoms with E-state index in [4.69, 9.17) is 33.6 Å². The van der Waals surface area contributed by atoms with Crippen LogP contribution in [0.3, 0.4) is 0 Å². The van der Waals surface area contributed by atoms with E-state index >= 15 is 0 Å². The molecule has 0 N–H and O–H groups in total. The van der Waals surface area contributed by atoms with Crippen molar-refractivity contribution in [2.24, 2.45) is 0 Å². The Morgan fingerprint density at radius 2 is 1.08 bits per heavy atom. The molecule has 12 rings (SSSR count). The summed E-state index contributed by atoms with van der Waals surface area (Å²) in [5, 5.41) is 28.1. The van der Waals surface area contributed by atoms with Crippen LogP contribution in [0.4, 0.5) is 4.39 Å². The van der Waals surface area contributed by atoms with Gasteiger partial charge in [-0.05, 0) is 90.8 Å². The lowest BCUT2D eigenvalue weighted by molar-refractivity contribution is -0.191. The number of benzene rings is 5. The van der Waals surface area contributed by atoms with E-state index in [1.54, 1.807) is 39.6 Å². The summed E-state index contributed by atoms with van der Waals surface area (Å²) in [5.74, 6) is 3.91. The maximum Gasteiger partial charge on any atom is 0.373 e. The molecule has 0 unspecified atom stereocenters. The first-order chi connectivity index (χ1) is 37.4. The summed E-state index contributed by atoms with van der Waals surface area (Å²) in [6.45, 7) is 2.90. The van der Waals surface area contributed by atoms with Crippen molar-refractivity contribution in [1.82, 2.24) is 59.6 Å². The van der Waals surface area contributed by atoms with Crippen LogP contribution in [0, 0.1) is 6.08 Å². The SMILES string of the molecule is C/C=C/COc1cccc(-c2ccc3c(OCc4nnc5ccc(-c6ccccc6)nn45)ccnc3c2)c1.Fc1nccc(Oc2ccc3c(OCc4nnc5ccc(-c6ccccc6)nn45)ccnc3c2)n1.O=C=O. The van der Waals surface area contributed by atoms with Crippen LogP contribution in [0.5, 0.6) is 28.9 Å². The molecule has 0 spiro atoms. The molecule has 0 radical (unpaired) electrons. The van der Waals surface area contributed by atoms with Crippen LogP contribution in [-0.4, -0.2) is 72.3 Å². The summed E-state index contributed by atoms with van der Waals surface area (Å²) < 4.78 is 40.4. The summed E-state index contributed by atoms with van der Waals surface area (Å²) >= 11 is 0. The molecule has 0 atom stereocenters. The van der Waals surface area contributed by atoms with Crippen molar-refractivity contribution in [2.45, 2.75) is 20.1 Å². The number of rotatable bonds is 14. The molecule has 5 aromatic carbocycles. The van der Waals surface area contributed by atoms with Crippen molar-refractivity contribution in [3.8, 4) is 62.5 Å². The number of fused-ring (bicyclic) bond motifs is 4. The minimum atomic E-state index is -0.858. The molecule has 0 aliphatic heterocycles. The molecular formula is C57H41FN12O6. The monoisotopic (exact) mass is 1010 g/mol. The Hall–Kier alpha value is -10.7. The van der Waals surface area contributed by atoms with Gasteiger partial charge in [0.2, 0.25) is 5.88 Å². The van der Waals surface area contributed by atoms with Crippen LogP contribution in [-0.2, 0) is 22.8 Å². The second kappa shape index (κ2) is 23.3. The second-order valence-corrected chi connectivity index (χ2v) is 16.3. The Morgan fingerprint density at radius 1 is 0.526 bits per heavy atom. The molecule has 18 nitrogen and oxygen atoms in total. The predicted molar refractivity (Wildman–Crippen MR) is 277 cm³/mol. The van der Waals surface area contributed by atoms with E-state index in [0.29, 0.717) is 46.6 Å². The van der Waals surface area contributed by atoms with Gasteiger partial charge in [0.15, 0.2) is 22.9 Å². The summed E-state index contributed by atoms with van der Waals surface area (Å²) in [4.78, 5) is 32.3. The highest BCUT2D eigenvalue weighted by molar-refractivity contribution is 5.89. The molecule has 372 valence electrons. The normalized spacial score (nSPS) is 10.9. The van der Waals surface area contributed by atoms with Gasteiger partial charge in [-0.3, -0.25) is 9.97 Å². The zero-order chi connectivity index (χ0) is 52.1. The Morgan fingerprint density at radius 3 is 1.67 bits per heavy atom. The maximum atomic E-state index is 13.2. The van der Waals surface area contributed by atoms with E-state index in [1.807, 2.05) is 140 Å². The first-order valence-corrected chi connectivity index (χ1v) is 23.5. The van der Waals surface area contributed by atoms with Gasteiger partial charge in [-0.2, -0.15) is 38.2 Å². The van der Waals surface area contributed by atoms with Crippen LogP contribution in [0.15, 0.2) is 195 Å². The fourth-order valence-corrected chi connectivity index (χ4v) is 7.88. The second-order valence-electron chi connectivity index (χ2n) is 16.3. The van der Waals surface area contributed by atoms with E-state index in [-0.39, 0.29) is 25.2 Å². The molecular weight excluding hydrogens is 968 g/mol. The molecule has 19 heteroatoms. The summed E-state index contributed by atoms with van der Waals surface area (Å²) in [5.41, 5.74) is 8.59. The first kappa shape index (κ1) is 49.0. The smallest absolute Gasteiger partial charge is 0.373 e. The Labute approximate surface area is 431 Å². The van der Waals surface area contributed by atoms with Gasteiger partial charge in [0.05, 0.1) is 22.4 Å². The fraction of sp³-hybridized carbons (Fsp3) is 0.0702. The summed E-state index contributed by atoms with van der Waals surface area (Å²) in [6.07, 6.45) is 8.03. The lowest BCUT2D eigenvalue weighted by Crippen LogP contribution is -2.05. The molecule has 0 fully saturated rings. The Bertz CT molecular complexity index is 4020. The molecule has 12 aromatic rings. The van der Waals surface area contributed by atoms with E-state index in [0.717, 1.165) is 61.4 Å². The molecule has 0 amide bonds. The van der Waals surface area contributed by atoms with Crippen LogP contribution in [0.25, 0.3) is 66.7 Å². The minimum absolute atomic E-state index is 0.102. The largest absolute Gasteiger partial charge is 0.490 e. The van der Waals surface area contributed by atoms with Gasteiger partial charge < -0.3 is 18.9 Å². The lowest BCUT2D eigenvalue weighted by atomic mass is 10.0. The van der Waals surface area contributed by atoms with Crippen LogP contribution < -0.4 is 18.9 Å². The van der Waals surface area contributed by atoms with Crippen LogP contribution in [0.1, 0.15) is 18.6 Å². The first-order valence-electron chi connectivity index (χ1n) is 23.5. The van der Waals surface area contributed by atoms with Crippen molar-refractivity contribution < 1.29 is 32.9 Å². The number of allylic oxidation sites excluding steroid dienone is 1. The average Bonchev–Trinajstić information content (AvgIpc) is 4.10. The average molecular weight is 1010 g/mol. The number of pyridine rings is 2. The van der Waals surface area contributed by atoms with Gasteiger partial charge in [-0.25, -0.2) is 4.98 Å². The number of aromatic nitrogens is 12. The van der Waals surface area contributed by atoms with Crippen LogP contribution >= 0.6 is 0 Å². The standard InChI is InChI=1S/C31H25N5O2.C25H16FN7O2.CO2/c1-2-3-18-37-25-11-7-10-23(19-25)24-12-13-26-28(20-24)32-17-16-29(26)38-21-31-34-33-30-15-14-27(35-36(30)31)22-8-5-4-6-9-22;26-25-28-13-11-24(29-25)35-17-6-7-18-20(14-17)27-12-10-21(18)34-15-23-31-30-22-9-8-19(32-33(22)23)16-4-2-1-3-5-16;2-1-3/h2-17,19-20H,18,21H2,1H3;1-14H,15H2;/b3-2+;;. The lowest BCUT2D eigenvalue weighted by Gasteiger charge is -2.10. The Balaban J connectivity index is 0.000000165. The van der Waals surface area contributed by atoms with E-state index in [2.05, 4.69) is 63.6 Å². The molecule has 7 aromatic heterocycles. The highest BCUT2D eigenvalue weighted by Crippen LogP contribution is 2.32. The molecule has 76 heavy (non-hydrogen) atoms. The van der Waals surface area contributed by atoms with Gasteiger partial charge in [0, 0.05) is 52.6 Å². The van der Waals surface area contributed by atoms with E-state index in [9.17, 15) is 4.39 Å². The van der Waals surface area contributed by atoms with Gasteiger partial charge in [-0.15, -0.1) is 20.4 Å². The predicted octanol–water partition coefficient (Wildman–Crippen LogP) is 10.6. The zero-order valence-electron chi connectivity index (χ0n) is 40.3. The van der Waals surface area contributed by atoms with Crippen molar-refractivity contribution >= 4 is 39.3 Å². The number of halogens is 1. The third-order valence-electron chi connectivity index (χ3n) is 11.5. The van der Waals surface area contributed by atoms with Gasteiger partial charge in [-0.1, -0.05) is 91.0 Å². The van der Waals surface area contributed by atoms with Crippen molar-refractivity contribution in [3.05, 3.63) is 212 Å². The minimum Gasteiger partial charge on any atom is -0.490 e. The number of hydrogen-bond donors (Lipinski definition) is 0. The van der Waals surface area contributed by atoms with E-state index < -0.39 is 6.08 Å². The van der Waals surface area contributed by atoms with Crippen molar-refractivity contribution in [1.29, 1.82) is 0 Å². The third kappa shape index (κ3) is 11.5. The van der Waals surface area contributed by atoms with Gasteiger partial charge in [0.1, 0.15) is 42.8 Å². The summed E-state index contributed by atoms with van der Waals surface area (Å²) in [7, 11) is 0. The highest BCUT2D eigenvalue weighted by atomic mass is 19.1. The molecule has 0 saturated carbocycles. The number of nitrogens with zero attached hydrogens (tertiary/aromatic N) is 12. The fourth-order valence-electron chi connectivity index (χ4n) is 7.88. The Kier molecular flexibility index (Phi) is 15.0. The number of hydrogen-bond acceptors (Lipinski definition) is 16. The quantitative estimate of drug-likeness (QED) is 0.0733. The highest BCUT2D eigenvalue weighted by Gasteiger charge is 2.15. The molecule has 7 heterocycles. The molecule has 0 saturated heterocycles. The number of ether oxygens (including phenoxy) is 4. The third-order valence-corrected chi connectivity index (χ3v) is 11.5. The van der Waals surface area contributed by atoms with Crippen LogP contribution in [0.2, 0.25) is 0 Å². The number of carbonyl (C=O) groups excluding carboxylic acids is 2. The molecule has 0 aliphatic carbocycles. The summed E-state index contributed by atoms with van der Waals surface area (Å²) in [6, 6.07) is 52.2. The van der Waals surface area contributed by atoms with Gasteiger partial charge >= 0.3 is 12.2 Å². The van der Waals surface area contributed by atoms with E-state index in [1.165, 1.54) is 12.3 Å². The molecule has 0 bridgehead atoms. The topological polar surface area (TPSA) is 209 Å². The van der Waals surface area contributed by atoms with Crippen molar-refractivity contribution in [3.63, 3.8) is 0 Å². The molecule has 0 aliphatic rings.